The summed E-state index contributed by atoms with van der Waals surface area (Å²) in [4.78, 5) is 11.1. The van der Waals surface area contributed by atoms with E-state index in [1.807, 2.05) is 19.1 Å². The van der Waals surface area contributed by atoms with E-state index < -0.39 is 0 Å². The molecule has 0 fully saturated rings. The van der Waals surface area contributed by atoms with Crippen LogP contribution in [-0.2, 0) is 25.4 Å². The fourth-order valence-corrected chi connectivity index (χ4v) is 1.81. The summed E-state index contributed by atoms with van der Waals surface area (Å²) >= 11 is 0. The van der Waals surface area contributed by atoms with Crippen molar-refractivity contribution in [1.29, 1.82) is 0 Å². The molecule has 0 aliphatic heterocycles. The Balaban J connectivity index is 2.51. The third kappa shape index (κ3) is 5.04. The van der Waals surface area contributed by atoms with Crippen molar-refractivity contribution >= 4 is 5.97 Å². The fraction of sp³-hybridized carbons (Fsp3) is 0.643. The average molecular weight is 270 g/mol. The second-order valence-electron chi connectivity index (χ2n) is 4.42. The molecule has 1 heterocycles. The summed E-state index contributed by atoms with van der Waals surface area (Å²) in [7, 11) is 4.61. The van der Waals surface area contributed by atoms with Crippen LogP contribution in [0.5, 0.6) is 0 Å². The highest BCUT2D eigenvalue weighted by molar-refractivity contribution is 5.69. The quantitative estimate of drug-likeness (QED) is 0.536. The Morgan fingerprint density at radius 2 is 1.95 bits per heavy atom. The first-order valence-corrected chi connectivity index (χ1v) is 6.31. The molecule has 0 saturated carbocycles. The Labute approximate surface area is 113 Å². The third-order valence-electron chi connectivity index (χ3n) is 3.04. The molecule has 19 heavy (non-hydrogen) atoms. The predicted octanol–water partition coefficient (Wildman–Crippen LogP) is 2.50. The Bertz CT molecular complexity index is 381. The molecule has 0 saturated heterocycles. The normalized spacial score (nSPS) is 12.7. The van der Waals surface area contributed by atoms with Crippen LogP contribution in [0.1, 0.15) is 37.2 Å². The van der Waals surface area contributed by atoms with Crippen LogP contribution < -0.4 is 0 Å². The lowest BCUT2D eigenvalue weighted by atomic mass is 10.1. The molecule has 0 aliphatic rings. The number of esters is 1. The molecule has 0 N–H and O–H groups in total. The summed E-state index contributed by atoms with van der Waals surface area (Å²) in [6.45, 7) is 2.05. The van der Waals surface area contributed by atoms with Gasteiger partial charge in [0.05, 0.1) is 13.5 Å². The lowest BCUT2D eigenvalue weighted by Gasteiger charge is -2.16. The van der Waals surface area contributed by atoms with Crippen molar-refractivity contribution in [3.63, 3.8) is 0 Å². The van der Waals surface area contributed by atoms with Crippen molar-refractivity contribution in [2.75, 3.05) is 21.3 Å². The van der Waals surface area contributed by atoms with Crippen LogP contribution in [0, 0.1) is 0 Å². The first-order valence-electron chi connectivity index (χ1n) is 6.31. The van der Waals surface area contributed by atoms with Gasteiger partial charge in [-0.1, -0.05) is 6.92 Å². The van der Waals surface area contributed by atoms with Gasteiger partial charge in [-0.2, -0.15) is 0 Å². The molecule has 5 heteroatoms. The smallest absolute Gasteiger partial charge is 0.305 e. The van der Waals surface area contributed by atoms with E-state index in [9.17, 15) is 4.79 Å². The summed E-state index contributed by atoms with van der Waals surface area (Å²) in [5, 5.41) is 0. The fourth-order valence-electron chi connectivity index (χ4n) is 1.81. The number of aryl methyl sites for hydroxylation is 1. The van der Waals surface area contributed by atoms with Crippen LogP contribution in [-0.4, -0.2) is 33.6 Å². The van der Waals surface area contributed by atoms with E-state index in [-0.39, 0.29) is 18.2 Å². The van der Waals surface area contributed by atoms with Crippen LogP contribution in [0.15, 0.2) is 16.5 Å². The summed E-state index contributed by atoms with van der Waals surface area (Å²) in [5.41, 5.74) is 0. The number of ether oxygens (including phenoxy) is 3. The van der Waals surface area contributed by atoms with Gasteiger partial charge in [-0.25, -0.2) is 0 Å². The van der Waals surface area contributed by atoms with E-state index in [4.69, 9.17) is 13.9 Å². The van der Waals surface area contributed by atoms with Gasteiger partial charge in [0.25, 0.3) is 0 Å². The molecule has 5 nitrogen and oxygen atoms in total. The highest BCUT2D eigenvalue weighted by Gasteiger charge is 2.16. The molecule has 1 aromatic heterocycles. The van der Waals surface area contributed by atoms with Gasteiger partial charge in [0.2, 0.25) is 0 Å². The van der Waals surface area contributed by atoms with Crippen molar-refractivity contribution in [3.8, 4) is 0 Å². The molecular formula is C14H22O5. The zero-order chi connectivity index (χ0) is 14.3. The summed E-state index contributed by atoms with van der Waals surface area (Å²) < 4.78 is 20.6. The van der Waals surface area contributed by atoms with Crippen molar-refractivity contribution < 1.29 is 23.4 Å². The van der Waals surface area contributed by atoms with E-state index in [1.165, 1.54) is 7.11 Å². The number of methoxy groups -OCH3 is 3. The van der Waals surface area contributed by atoms with Gasteiger partial charge in [0, 0.05) is 33.0 Å². The second-order valence-corrected chi connectivity index (χ2v) is 4.42. The summed E-state index contributed by atoms with van der Waals surface area (Å²) in [6.07, 6.45) is 1.36. The minimum atomic E-state index is -0.237. The first-order chi connectivity index (χ1) is 9.10. The average Bonchev–Trinajstić information content (AvgIpc) is 2.90. The van der Waals surface area contributed by atoms with E-state index in [2.05, 4.69) is 4.74 Å². The van der Waals surface area contributed by atoms with Gasteiger partial charge in [-0.3, -0.25) is 4.79 Å². The second kappa shape index (κ2) is 7.96. The summed E-state index contributed by atoms with van der Waals surface area (Å²) in [5.74, 6) is 1.62. The number of carbonyl (C=O) groups is 1. The number of hydrogen-bond donors (Lipinski definition) is 0. The number of rotatable bonds is 8. The van der Waals surface area contributed by atoms with Crippen LogP contribution in [0.3, 0.4) is 0 Å². The minimum absolute atomic E-state index is 0.191. The van der Waals surface area contributed by atoms with Crippen molar-refractivity contribution in [2.45, 2.75) is 38.4 Å². The topological polar surface area (TPSA) is 57.9 Å². The molecule has 0 amide bonds. The van der Waals surface area contributed by atoms with E-state index in [0.717, 1.165) is 17.9 Å². The van der Waals surface area contributed by atoms with Gasteiger partial charge in [0.1, 0.15) is 11.5 Å². The van der Waals surface area contributed by atoms with Gasteiger partial charge in [-0.15, -0.1) is 0 Å². The monoisotopic (exact) mass is 270 g/mol. The Kier molecular flexibility index (Phi) is 6.59. The van der Waals surface area contributed by atoms with Crippen molar-refractivity contribution in [2.24, 2.45) is 0 Å². The molecule has 0 aliphatic carbocycles. The molecule has 108 valence electrons. The number of furan rings is 1. The Morgan fingerprint density at radius 3 is 2.53 bits per heavy atom. The van der Waals surface area contributed by atoms with Crippen LogP contribution >= 0.6 is 0 Å². The standard InChI is InChI=1S/C14H22O5/c1-10(9-14(17-3)18-4)12-7-5-11(19-12)6-8-13(15)16-2/h5,7,10,14H,6,8-9H2,1-4H3. The molecule has 1 unspecified atom stereocenters. The summed E-state index contributed by atoms with van der Waals surface area (Å²) in [6, 6.07) is 3.82. The highest BCUT2D eigenvalue weighted by Crippen LogP contribution is 2.24. The van der Waals surface area contributed by atoms with Gasteiger partial charge in [-0.05, 0) is 12.1 Å². The van der Waals surface area contributed by atoms with Crippen LogP contribution in [0.4, 0.5) is 0 Å². The maximum atomic E-state index is 11.1. The lowest BCUT2D eigenvalue weighted by Crippen LogP contribution is -2.15. The first kappa shape index (κ1) is 15.7. The molecule has 0 radical (unpaired) electrons. The molecule has 1 aromatic rings. The SMILES string of the molecule is COC(=O)CCc1ccc(C(C)CC(OC)OC)o1. The van der Waals surface area contributed by atoms with Gasteiger partial charge < -0.3 is 18.6 Å². The molecule has 0 spiro atoms. The van der Waals surface area contributed by atoms with Crippen molar-refractivity contribution in [3.05, 3.63) is 23.7 Å². The largest absolute Gasteiger partial charge is 0.469 e. The van der Waals surface area contributed by atoms with Crippen molar-refractivity contribution in [1.82, 2.24) is 0 Å². The van der Waals surface area contributed by atoms with Gasteiger partial charge >= 0.3 is 5.97 Å². The number of carbonyl (C=O) groups excluding carboxylic acids is 1. The molecule has 0 aromatic carbocycles. The maximum absolute atomic E-state index is 11.1. The highest BCUT2D eigenvalue weighted by atomic mass is 16.7. The molecular weight excluding hydrogens is 248 g/mol. The van der Waals surface area contributed by atoms with Gasteiger partial charge in [0.15, 0.2) is 6.29 Å². The third-order valence-corrected chi connectivity index (χ3v) is 3.04. The minimum Gasteiger partial charge on any atom is -0.469 e. The van der Waals surface area contributed by atoms with E-state index in [1.54, 1.807) is 14.2 Å². The zero-order valence-corrected chi connectivity index (χ0v) is 12.0. The predicted molar refractivity (Wildman–Crippen MR) is 69.9 cm³/mol. The Hall–Kier alpha value is -1.33. The van der Waals surface area contributed by atoms with E-state index in [0.29, 0.717) is 12.8 Å². The lowest BCUT2D eigenvalue weighted by molar-refractivity contribution is -0.140. The zero-order valence-electron chi connectivity index (χ0n) is 12.0. The number of hydrogen-bond acceptors (Lipinski definition) is 5. The Morgan fingerprint density at radius 1 is 1.26 bits per heavy atom. The maximum Gasteiger partial charge on any atom is 0.305 e. The molecule has 1 rings (SSSR count). The van der Waals surface area contributed by atoms with E-state index >= 15 is 0 Å². The molecule has 1 atom stereocenters. The van der Waals surface area contributed by atoms with Crippen LogP contribution in [0.25, 0.3) is 0 Å². The van der Waals surface area contributed by atoms with Crippen LogP contribution in [0.2, 0.25) is 0 Å². The molecule has 0 bridgehead atoms.